The van der Waals surface area contributed by atoms with E-state index in [2.05, 4.69) is 15.3 Å². The third-order valence-corrected chi connectivity index (χ3v) is 4.50. The van der Waals surface area contributed by atoms with E-state index in [1.807, 2.05) is 6.07 Å². The summed E-state index contributed by atoms with van der Waals surface area (Å²) in [5.41, 5.74) is 6.69. The lowest BCUT2D eigenvalue weighted by molar-refractivity contribution is 0.0925. The molecule has 3 rings (SSSR count). The molecular weight excluding hydrogens is 260 g/mol. The van der Waals surface area contributed by atoms with Crippen LogP contribution in [0.2, 0.25) is 0 Å². The summed E-state index contributed by atoms with van der Waals surface area (Å²) in [6, 6.07) is 2.35. The number of aromatic nitrogens is 2. The van der Waals surface area contributed by atoms with E-state index in [1.54, 1.807) is 12.4 Å². The molecule has 0 aliphatic heterocycles. The third kappa shape index (κ3) is 2.74. The second-order valence-corrected chi connectivity index (χ2v) is 5.98. The van der Waals surface area contributed by atoms with E-state index >= 15 is 0 Å². The molecule has 3 N–H and O–H groups in total. The topological polar surface area (TPSA) is 80.9 Å². The van der Waals surface area contributed by atoms with E-state index in [4.69, 9.17) is 5.73 Å². The van der Waals surface area contributed by atoms with Gasteiger partial charge in [-0.05, 0) is 31.7 Å². The maximum absolute atomic E-state index is 12.1. The Morgan fingerprint density at radius 3 is 2.89 bits per heavy atom. The van der Waals surface area contributed by atoms with Crippen LogP contribution in [-0.4, -0.2) is 28.0 Å². The molecule has 1 aliphatic carbocycles. The summed E-state index contributed by atoms with van der Waals surface area (Å²) in [5.74, 6) is -0.0818. The van der Waals surface area contributed by atoms with Crippen molar-refractivity contribution in [1.29, 1.82) is 0 Å². The van der Waals surface area contributed by atoms with Gasteiger partial charge in [0.2, 0.25) is 0 Å². The van der Waals surface area contributed by atoms with Gasteiger partial charge in [-0.1, -0.05) is 0 Å². The van der Waals surface area contributed by atoms with E-state index < -0.39 is 0 Å². The van der Waals surface area contributed by atoms with Crippen molar-refractivity contribution in [2.45, 2.75) is 37.8 Å². The van der Waals surface area contributed by atoms with Gasteiger partial charge in [0.05, 0.1) is 10.2 Å². The van der Waals surface area contributed by atoms with Gasteiger partial charge in [-0.15, -0.1) is 11.3 Å². The van der Waals surface area contributed by atoms with Crippen molar-refractivity contribution < 1.29 is 4.79 Å². The van der Waals surface area contributed by atoms with Crippen molar-refractivity contribution in [3.8, 4) is 0 Å². The molecular formula is C13H16N4OS. The average Bonchev–Trinajstić information content (AvgIpc) is 2.85. The summed E-state index contributed by atoms with van der Waals surface area (Å²) in [6.45, 7) is 0. The Hall–Kier alpha value is -1.53. The van der Waals surface area contributed by atoms with Crippen LogP contribution in [0.25, 0.3) is 10.2 Å². The summed E-state index contributed by atoms with van der Waals surface area (Å²) >= 11 is 1.38. The predicted molar refractivity (Wildman–Crippen MR) is 75.1 cm³/mol. The average molecular weight is 276 g/mol. The van der Waals surface area contributed by atoms with Gasteiger partial charge in [-0.25, -0.2) is 4.98 Å². The summed E-state index contributed by atoms with van der Waals surface area (Å²) in [7, 11) is 0. The number of nitrogens with two attached hydrogens (primary N) is 1. The minimum atomic E-state index is -0.0818. The first-order valence-electron chi connectivity index (χ1n) is 6.49. The van der Waals surface area contributed by atoms with Crippen LogP contribution < -0.4 is 11.1 Å². The highest BCUT2D eigenvalue weighted by molar-refractivity contribution is 7.20. The van der Waals surface area contributed by atoms with Crippen LogP contribution in [-0.2, 0) is 0 Å². The Labute approximate surface area is 115 Å². The van der Waals surface area contributed by atoms with Crippen molar-refractivity contribution in [1.82, 2.24) is 15.3 Å². The Morgan fingerprint density at radius 1 is 1.37 bits per heavy atom. The first-order chi connectivity index (χ1) is 9.22. The number of hydrogen-bond acceptors (Lipinski definition) is 5. The van der Waals surface area contributed by atoms with Crippen molar-refractivity contribution in [2.24, 2.45) is 5.73 Å². The van der Waals surface area contributed by atoms with Gasteiger partial charge in [0.25, 0.3) is 5.91 Å². The zero-order valence-corrected chi connectivity index (χ0v) is 11.3. The van der Waals surface area contributed by atoms with E-state index in [0.717, 1.165) is 35.9 Å². The van der Waals surface area contributed by atoms with E-state index in [-0.39, 0.29) is 11.9 Å². The molecule has 1 aliphatic rings. The van der Waals surface area contributed by atoms with Gasteiger partial charge in [0.15, 0.2) is 5.01 Å². The maximum Gasteiger partial charge on any atom is 0.280 e. The minimum Gasteiger partial charge on any atom is -0.347 e. The second-order valence-electron chi connectivity index (χ2n) is 4.95. The Morgan fingerprint density at radius 2 is 2.16 bits per heavy atom. The fourth-order valence-electron chi connectivity index (χ4n) is 2.39. The van der Waals surface area contributed by atoms with Crippen molar-refractivity contribution in [2.75, 3.05) is 0 Å². The Balaban J connectivity index is 1.70. The molecule has 0 unspecified atom stereocenters. The highest BCUT2D eigenvalue weighted by Gasteiger charge is 2.21. The summed E-state index contributed by atoms with van der Waals surface area (Å²) in [4.78, 5) is 20.5. The SMILES string of the molecule is N[C@H]1CC[C@H](NC(=O)c2nc3ccncc3s2)CC1. The standard InChI is InChI=1S/C13H16N4OS/c14-8-1-3-9(4-2-8)16-12(18)13-17-10-5-6-15-7-11(10)19-13/h5-9H,1-4,14H2,(H,16,18)/t8-,9-. The van der Waals surface area contributed by atoms with Gasteiger partial charge in [-0.2, -0.15) is 0 Å². The van der Waals surface area contributed by atoms with Crippen LogP contribution in [0.15, 0.2) is 18.5 Å². The monoisotopic (exact) mass is 276 g/mol. The van der Waals surface area contributed by atoms with Crippen molar-refractivity contribution in [3.63, 3.8) is 0 Å². The van der Waals surface area contributed by atoms with Crippen LogP contribution in [0, 0.1) is 0 Å². The van der Waals surface area contributed by atoms with Crippen LogP contribution in [0.3, 0.4) is 0 Å². The summed E-state index contributed by atoms with van der Waals surface area (Å²) in [5, 5.41) is 3.56. The smallest absolute Gasteiger partial charge is 0.280 e. The van der Waals surface area contributed by atoms with Crippen LogP contribution in [0.4, 0.5) is 0 Å². The summed E-state index contributed by atoms with van der Waals surface area (Å²) in [6.07, 6.45) is 7.30. The minimum absolute atomic E-state index is 0.0818. The molecule has 2 aromatic heterocycles. The van der Waals surface area contributed by atoms with Gasteiger partial charge >= 0.3 is 0 Å². The van der Waals surface area contributed by atoms with E-state index in [9.17, 15) is 4.79 Å². The molecule has 1 fully saturated rings. The number of nitrogens with zero attached hydrogens (tertiary/aromatic N) is 2. The molecule has 0 saturated heterocycles. The highest BCUT2D eigenvalue weighted by Crippen LogP contribution is 2.22. The lowest BCUT2D eigenvalue weighted by atomic mass is 9.92. The molecule has 6 heteroatoms. The number of carbonyl (C=O) groups is 1. The lowest BCUT2D eigenvalue weighted by Gasteiger charge is -2.26. The lowest BCUT2D eigenvalue weighted by Crippen LogP contribution is -2.40. The zero-order chi connectivity index (χ0) is 13.2. The molecule has 19 heavy (non-hydrogen) atoms. The number of hydrogen-bond donors (Lipinski definition) is 2. The molecule has 1 saturated carbocycles. The first kappa shape index (κ1) is 12.5. The highest BCUT2D eigenvalue weighted by atomic mass is 32.1. The molecule has 1 amide bonds. The molecule has 2 aromatic rings. The Kier molecular flexibility index (Phi) is 3.44. The molecule has 0 atom stereocenters. The predicted octanol–water partition coefficient (Wildman–Crippen LogP) is 1.69. The van der Waals surface area contributed by atoms with E-state index in [1.165, 1.54) is 11.3 Å². The van der Waals surface area contributed by atoms with Crippen molar-refractivity contribution >= 4 is 27.5 Å². The Bertz CT molecular complexity index is 556. The molecule has 0 spiro atoms. The number of rotatable bonds is 2. The van der Waals surface area contributed by atoms with Gasteiger partial charge in [0.1, 0.15) is 0 Å². The normalized spacial score (nSPS) is 23.4. The number of nitrogens with one attached hydrogen (secondary N) is 1. The zero-order valence-electron chi connectivity index (χ0n) is 10.5. The third-order valence-electron chi connectivity index (χ3n) is 3.49. The molecule has 5 nitrogen and oxygen atoms in total. The van der Waals surface area contributed by atoms with Crippen LogP contribution >= 0.6 is 11.3 Å². The van der Waals surface area contributed by atoms with Crippen molar-refractivity contribution in [3.05, 3.63) is 23.5 Å². The molecule has 0 aromatic carbocycles. The van der Waals surface area contributed by atoms with Gasteiger partial charge in [-0.3, -0.25) is 9.78 Å². The first-order valence-corrected chi connectivity index (χ1v) is 7.31. The number of carbonyl (C=O) groups excluding carboxylic acids is 1. The number of thiazole rings is 1. The summed E-state index contributed by atoms with van der Waals surface area (Å²) < 4.78 is 0.943. The van der Waals surface area contributed by atoms with E-state index in [0.29, 0.717) is 11.0 Å². The largest absolute Gasteiger partial charge is 0.347 e. The van der Waals surface area contributed by atoms with Gasteiger partial charge in [0, 0.05) is 24.5 Å². The number of pyridine rings is 1. The molecule has 0 bridgehead atoms. The quantitative estimate of drug-likeness (QED) is 0.874. The fourth-order valence-corrected chi connectivity index (χ4v) is 3.22. The molecule has 100 valence electrons. The van der Waals surface area contributed by atoms with Gasteiger partial charge < -0.3 is 11.1 Å². The fraction of sp³-hybridized carbons (Fsp3) is 0.462. The second kappa shape index (κ2) is 5.22. The maximum atomic E-state index is 12.1. The molecule has 0 radical (unpaired) electrons. The number of amides is 1. The van der Waals surface area contributed by atoms with Crippen LogP contribution in [0.1, 0.15) is 35.5 Å². The molecule has 2 heterocycles. The number of fused-ring (bicyclic) bond motifs is 1. The van der Waals surface area contributed by atoms with Crippen LogP contribution in [0.5, 0.6) is 0 Å².